The summed E-state index contributed by atoms with van der Waals surface area (Å²) < 4.78 is 5.03. The monoisotopic (exact) mass is 215 g/mol. The maximum atomic E-state index is 10.2. The van der Waals surface area contributed by atoms with Gasteiger partial charge in [0.05, 0.1) is 0 Å². The fourth-order valence-electron chi connectivity index (χ4n) is 0.164. The normalized spacial score (nSPS) is 8.86. The molecule has 0 atom stereocenters. The van der Waals surface area contributed by atoms with Gasteiger partial charge in [-0.2, -0.15) is 0 Å². The van der Waals surface area contributed by atoms with Crippen LogP contribution < -0.4 is 21.2 Å². The summed E-state index contributed by atoms with van der Waals surface area (Å²) in [6.07, 6.45) is 0. The average molecular weight is 215 g/mol. The molecule has 0 amide bonds. The van der Waals surface area contributed by atoms with Crippen LogP contribution in [0.25, 0.3) is 0 Å². The Morgan fingerprint density at radius 3 is 2.57 bits per heavy atom. The third-order valence-corrected chi connectivity index (χ3v) is 1.86. The van der Waals surface area contributed by atoms with Gasteiger partial charge in [-0.25, -0.2) is 0 Å². The van der Waals surface area contributed by atoms with Gasteiger partial charge in [0.25, 0.3) is 0 Å². The second kappa shape index (κ2) is 4.36. The first-order valence-corrected chi connectivity index (χ1v) is 5.50. The average Bonchev–Trinajstić information content (AvgIpc) is 1.68. The molecule has 0 rings (SSSR count). The van der Waals surface area contributed by atoms with Gasteiger partial charge in [-0.3, -0.25) is 0 Å². The van der Waals surface area contributed by atoms with Gasteiger partial charge in [-0.05, 0) is 0 Å². The second-order valence-electron chi connectivity index (χ2n) is 0.977. The van der Waals surface area contributed by atoms with Crippen LogP contribution in [-0.4, -0.2) is 22.4 Å². The van der Waals surface area contributed by atoms with Crippen LogP contribution >= 0.6 is 0 Å². The Labute approximate surface area is 53.5 Å². The van der Waals surface area contributed by atoms with E-state index in [1.54, 1.807) is 0 Å². The zero-order valence-corrected chi connectivity index (χ0v) is 6.56. The van der Waals surface area contributed by atoms with Crippen molar-refractivity contribution in [3.8, 4) is 0 Å². The Morgan fingerprint density at radius 1 is 1.86 bits per heavy atom. The van der Waals surface area contributed by atoms with E-state index in [1.165, 1.54) is 7.11 Å². The zero-order chi connectivity index (χ0) is 5.70. The summed E-state index contributed by atoms with van der Waals surface area (Å²) in [7, 11) is 1.42. The van der Waals surface area contributed by atoms with Crippen molar-refractivity contribution in [1.82, 2.24) is 0 Å². The minimum absolute atomic E-state index is 0.0738. The van der Waals surface area contributed by atoms with Crippen LogP contribution in [0.3, 0.4) is 0 Å². The number of ether oxygens (including phenoxy) is 1. The van der Waals surface area contributed by atoms with Crippen molar-refractivity contribution >= 4 is 5.97 Å². The number of methoxy groups -OCH3 is 1. The first-order chi connectivity index (χ1) is 3.31. The fraction of sp³-hybridized carbons (Fsp3) is 0.750. The van der Waals surface area contributed by atoms with E-state index >= 15 is 0 Å². The molecule has 0 radical (unpaired) electrons. The summed E-state index contributed by atoms with van der Waals surface area (Å²) in [5, 5.41) is 0. The van der Waals surface area contributed by atoms with Gasteiger partial charge in [0.1, 0.15) is 0 Å². The molecular weight excluding hydrogens is 207 g/mol. The molecule has 7 heavy (non-hydrogen) atoms. The van der Waals surface area contributed by atoms with Gasteiger partial charge < -0.3 is 0 Å². The van der Waals surface area contributed by atoms with Crippen LogP contribution in [0.5, 0.6) is 0 Å². The number of carbonyl (C=O) groups excluding carboxylic acids is 1. The van der Waals surface area contributed by atoms with E-state index in [0.717, 1.165) is 0 Å². The molecule has 0 saturated heterocycles. The quantitative estimate of drug-likeness (QED) is 0.277. The van der Waals surface area contributed by atoms with Crippen LogP contribution in [0.2, 0.25) is 0 Å². The summed E-state index contributed by atoms with van der Waals surface area (Å²) in [4.78, 5) is 12.3. The molecule has 0 aromatic carbocycles. The van der Waals surface area contributed by atoms with Crippen molar-refractivity contribution < 1.29 is 30.7 Å². The number of esters is 1. The molecule has 2 nitrogen and oxygen atoms in total. The van der Waals surface area contributed by atoms with Crippen molar-refractivity contribution in [1.29, 1.82) is 0 Å². The maximum absolute atomic E-state index is 10.2. The predicted molar refractivity (Wildman–Crippen MR) is 22.8 cm³/mol. The Bertz CT molecular complexity index is 62.7. The van der Waals surface area contributed by atoms with Crippen LogP contribution in [0.15, 0.2) is 0 Å². The number of alkyl halides is 2. The van der Waals surface area contributed by atoms with Crippen LogP contribution in [-0.2, 0) is 9.53 Å². The van der Waals surface area contributed by atoms with Gasteiger partial charge >= 0.3 is 53.2 Å². The van der Waals surface area contributed by atoms with E-state index < -0.39 is 0 Å². The molecule has 0 aromatic rings. The Morgan fingerprint density at radius 2 is 2.43 bits per heavy atom. The van der Waals surface area contributed by atoms with Gasteiger partial charge in [0, 0.05) is 0 Å². The first-order valence-electron chi connectivity index (χ1n) is 1.82. The molecule has 44 valence electrons. The Kier molecular flexibility index (Phi) is 4.49. The number of hydrogen-bond acceptors (Lipinski definition) is 2. The van der Waals surface area contributed by atoms with Gasteiger partial charge in [-0.1, -0.05) is 0 Å². The SMILES string of the molecule is COC(=O)C[I-]C. The molecule has 0 bridgehead atoms. The van der Waals surface area contributed by atoms with Crippen molar-refractivity contribution in [3.63, 3.8) is 0 Å². The van der Waals surface area contributed by atoms with Crippen molar-refractivity contribution in [2.75, 3.05) is 16.5 Å². The molecule has 0 aromatic heterocycles. The fourth-order valence-corrected chi connectivity index (χ4v) is 1.10. The van der Waals surface area contributed by atoms with Crippen molar-refractivity contribution in [2.45, 2.75) is 0 Å². The molecule has 0 fully saturated rings. The predicted octanol–water partition coefficient (Wildman–Crippen LogP) is -3.12. The number of hydrogen-bond donors (Lipinski definition) is 0. The molecule has 0 N–H and O–H groups in total. The summed E-state index contributed by atoms with van der Waals surface area (Å²) in [5.41, 5.74) is 0. The molecule has 3 heteroatoms. The van der Waals surface area contributed by atoms with Crippen LogP contribution in [0.4, 0.5) is 0 Å². The summed E-state index contributed by atoms with van der Waals surface area (Å²) >= 11 is 0.0862. The van der Waals surface area contributed by atoms with Crippen molar-refractivity contribution in [2.24, 2.45) is 0 Å². The third kappa shape index (κ3) is 4.04. The second-order valence-corrected chi connectivity index (χ2v) is 3.27. The zero-order valence-electron chi connectivity index (χ0n) is 4.40. The van der Waals surface area contributed by atoms with Gasteiger partial charge in [0.2, 0.25) is 0 Å². The Hall–Kier alpha value is 0.200. The van der Waals surface area contributed by atoms with E-state index in [-0.39, 0.29) is 27.2 Å². The summed E-state index contributed by atoms with van der Waals surface area (Å²) in [5.74, 6) is -0.0738. The molecule has 0 unspecified atom stereocenters. The standard InChI is InChI=1S/C4H8IO2/c1-5-3-4(6)7-2/h3H2,1-2H3/q-1. The molecule has 0 aliphatic rings. The minimum atomic E-state index is -0.0738. The van der Waals surface area contributed by atoms with Crippen LogP contribution in [0.1, 0.15) is 0 Å². The number of rotatable bonds is 2. The van der Waals surface area contributed by atoms with E-state index in [4.69, 9.17) is 0 Å². The third-order valence-electron chi connectivity index (χ3n) is 0.470. The van der Waals surface area contributed by atoms with E-state index in [2.05, 4.69) is 9.67 Å². The first kappa shape index (κ1) is 7.20. The Balaban J connectivity index is 3.00. The molecule has 0 spiro atoms. The number of carbonyl (C=O) groups is 1. The number of halogens is 1. The molecule has 0 heterocycles. The van der Waals surface area contributed by atoms with Crippen LogP contribution in [0, 0.1) is 0 Å². The topological polar surface area (TPSA) is 26.3 Å². The van der Waals surface area contributed by atoms with Gasteiger partial charge in [0.15, 0.2) is 0 Å². The summed E-state index contributed by atoms with van der Waals surface area (Å²) in [6, 6.07) is 0. The summed E-state index contributed by atoms with van der Waals surface area (Å²) in [6.45, 7) is 0. The molecule has 0 aliphatic carbocycles. The molecule has 0 saturated carbocycles. The molecule has 0 aliphatic heterocycles. The molecular formula is C4H8IO2-. The van der Waals surface area contributed by atoms with Gasteiger partial charge in [-0.15, -0.1) is 0 Å². The van der Waals surface area contributed by atoms with E-state index in [1.807, 2.05) is 0 Å². The van der Waals surface area contributed by atoms with E-state index in [9.17, 15) is 4.79 Å². The van der Waals surface area contributed by atoms with E-state index in [0.29, 0.717) is 4.43 Å². The van der Waals surface area contributed by atoms with Crippen molar-refractivity contribution in [3.05, 3.63) is 0 Å².